The number of rotatable bonds is 2. The number of hydrogen-bond donors (Lipinski definition) is 4. The summed E-state index contributed by atoms with van der Waals surface area (Å²) in [7, 11) is 1.99. The molecule has 0 amide bonds. The fourth-order valence-electron chi connectivity index (χ4n) is 2.04. The number of likely N-dealkylation sites (N-methyl/N-ethyl adjacent to an activating group) is 1. The van der Waals surface area contributed by atoms with E-state index in [9.17, 15) is 5.11 Å². The minimum atomic E-state index is -0.734. The topological polar surface area (TPSA) is 85.4 Å². The molecule has 1 heterocycles. The number of allylic oxidation sites excluding steroid dienone is 4. The van der Waals surface area contributed by atoms with Gasteiger partial charge < -0.3 is 21.1 Å². The van der Waals surface area contributed by atoms with Crippen LogP contribution in [-0.2, 0) is 0 Å². The molecule has 0 spiro atoms. The Morgan fingerprint density at radius 3 is 2.89 bits per heavy atom. The molecule has 0 saturated heterocycles. The van der Waals surface area contributed by atoms with Gasteiger partial charge in [0.15, 0.2) is 0 Å². The van der Waals surface area contributed by atoms with Crippen LogP contribution in [0.25, 0.3) is 0 Å². The van der Waals surface area contributed by atoms with Crippen molar-refractivity contribution in [1.29, 1.82) is 5.41 Å². The van der Waals surface area contributed by atoms with E-state index in [1.54, 1.807) is 6.92 Å². The van der Waals surface area contributed by atoms with E-state index in [1.165, 1.54) is 0 Å². The summed E-state index contributed by atoms with van der Waals surface area (Å²) < 4.78 is 0. The van der Waals surface area contributed by atoms with Crippen molar-refractivity contribution in [3.8, 4) is 0 Å². The number of hydrogen-bond acceptors (Lipinski definition) is 5. The van der Waals surface area contributed by atoms with Crippen LogP contribution in [0.1, 0.15) is 6.92 Å². The van der Waals surface area contributed by atoms with Gasteiger partial charge >= 0.3 is 0 Å². The molecule has 1 atom stereocenters. The second-order valence-corrected chi connectivity index (χ2v) is 4.53. The third kappa shape index (κ3) is 2.31. The maximum atomic E-state index is 9.25. The van der Waals surface area contributed by atoms with Gasteiger partial charge in [-0.2, -0.15) is 0 Å². The van der Waals surface area contributed by atoms with Crippen LogP contribution in [0.15, 0.2) is 47.0 Å². The molecule has 0 fully saturated rings. The fourth-order valence-corrected chi connectivity index (χ4v) is 2.04. The SMILES string of the molecule is CC(O)N/C(N)=C1/C=CC2=C(C=CN(C)C2)C1=N. The quantitative estimate of drug-likeness (QED) is 0.532. The summed E-state index contributed by atoms with van der Waals surface area (Å²) in [5.74, 6) is 0.324. The van der Waals surface area contributed by atoms with E-state index in [-0.39, 0.29) is 0 Å². The largest absolute Gasteiger partial charge is 0.385 e. The zero-order valence-corrected chi connectivity index (χ0v) is 10.6. The van der Waals surface area contributed by atoms with E-state index < -0.39 is 6.23 Å². The van der Waals surface area contributed by atoms with Crippen LogP contribution in [0.4, 0.5) is 0 Å². The summed E-state index contributed by atoms with van der Waals surface area (Å²) in [5.41, 5.74) is 8.85. The maximum absolute atomic E-state index is 9.25. The number of nitrogens with two attached hydrogens (primary N) is 1. The highest BCUT2D eigenvalue weighted by atomic mass is 16.3. The first-order valence-electron chi connectivity index (χ1n) is 5.82. The molecule has 2 aliphatic rings. The Bertz CT molecular complexity index is 497. The molecule has 0 aromatic carbocycles. The smallest absolute Gasteiger partial charge is 0.122 e. The second kappa shape index (κ2) is 4.70. The van der Waals surface area contributed by atoms with Crippen molar-refractivity contribution in [2.75, 3.05) is 13.6 Å². The third-order valence-electron chi connectivity index (χ3n) is 2.91. The van der Waals surface area contributed by atoms with E-state index in [0.717, 1.165) is 17.7 Å². The van der Waals surface area contributed by atoms with Gasteiger partial charge in [0.2, 0.25) is 0 Å². The highest BCUT2D eigenvalue weighted by Gasteiger charge is 2.21. The summed E-state index contributed by atoms with van der Waals surface area (Å²) in [6.07, 6.45) is 6.92. The van der Waals surface area contributed by atoms with Gasteiger partial charge in [-0.25, -0.2) is 0 Å². The summed E-state index contributed by atoms with van der Waals surface area (Å²) >= 11 is 0. The molecule has 18 heavy (non-hydrogen) atoms. The maximum Gasteiger partial charge on any atom is 0.122 e. The van der Waals surface area contributed by atoms with Crippen molar-refractivity contribution in [3.05, 3.63) is 47.0 Å². The Kier molecular flexibility index (Phi) is 3.25. The van der Waals surface area contributed by atoms with E-state index in [2.05, 4.69) is 10.2 Å². The lowest BCUT2D eigenvalue weighted by Gasteiger charge is -2.26. The summed E-state index contributed by atoms with van der Waals surface area (Å²) in [4.78, 5) is 2.06. The minimum Gasteiger partial charge on any atom is -0.385 e. The zero-order chi connectivity index (χ0) is 13.3. The Balaban J connectivity index is 2.31. The van der Waals surface area contributed by atoms with Crippen LogP contribution in [0.5, 0.6) is 0 Å². The lowest BCUT2D eigenvalue weighted by atomic mass is 9.90. The lowest BCUT2D eigenvalue weighted by Crippen LogP contribution is -2.32. The molecule has 1 aliphatic carbocycles. The molecule has 2 rings (SSSR count). The third-order valence-corrected chi connectivity index (χ3v) is 2.91. The number of aliphatic hydroxyl groups excluding tert-OH is 1. The average molecular weight is 246 g/mol. The molecule has 0 aromatic rings. The fraction of sp³-hybridized carbons (Fsp3) is 0.308. The highest BCUT2D eigenvalue weighted by molar-refractivity contribution is 6.16. The molecular formula is C13H18N4O. The summed E-state index contributed by atoms with van der Waals surface area (Å²) in [6.45, 7) is 2.38. The molecule has 1 aliphatic heterocycles. The first-order valence-corrected chi connectivity index (χ1v) is 5.82. The van der Waals surface area contributed by atoms with Gasteiger partial charge in [-0.05, 0) is 30.8 Å². The highest BCUT2D eigenvalue weighted by Crippen LogP contribution is 2.25. The monoisotopic (exact) mass is 246 g/mol. The molecular weight excluding hydrogens is 228 g/mol. The van der Waals surface area contributed by atoms with Crippen molar-refractivity contribution >= 4 is 5.71 Å². The summed E-state index contributed by atoms with van der Waals surface area (Å²) in [5, 5.41) is 20.1. The zero-order valence-electron chi connectivity index (χ0n) is 10.6. The van der Waals surface area contributed by atoms with Crippen LogP contribution < -0.4 is 11.1 Å². The van der Waals surface area contributed by atoms with E-state index in [0.29, 0.717) is 17.1 Å². The van der Waals surface area contributed by atoms with Crippen molar-refractivity contribution < 1.29 is 5.11 Å². The lowest BCUT2D eigenvalue weighted by molar-refractivity contribution is 0.168. The molecule has 0 bridgehead atoms. The van der Waals surface area contributed by atoms with Gasteiger partial charge in [0, 0.05) is 24.7 Å². The molecule has 0 aromatic heterocycles. The van der Waals surface area contributed by atoms with E-state index in [1.807, 2.05) is 31.5 Å². The first-order chi connectivity index (χ1) is 8.49. The van der Waals surface area contributed by atoms with E-state index in [4.69, 9.17) is 11.1 Å². The van der Waals surface area contributed by atoms with Gasteiger partial charge in [-0.1, -0.05) is 6.08 Å². The Hall–Kier alpha value is -2.01. The van der Waals surface area contributed by atoms with Crippen LogP contribution in [0, 0.1) is 5.41 Å². The van der Waals surface area contributed by atoms with Gasteiger partial charge in [0.1, 0.15) is 12.0 Å². The first kappa shape index (κ1) is 12.4. The minimum absolute atomic E-state index is 0.324. The standard InChI is InChI=1S/C13H18N4O/c1-8(18)16-13(15)11-4-3-9-7-17(2)6-5-10(9)12(11)14/h3-6,8,14,16,18H,7,15H2,1-2H3/b13-11-,14-12?. The number of nitrogens with zero attached hydrogens (tertiary/aromatic N) is 1. The van der Waals surface area contributed by atoms with Crippen molar-refractivity contribution in [3.63, 3.8) is 0 Å². The molecule has 96 valence electrons. The van der Waals surface area contributed by atoms with Gasteiger partial charge in [0.05, 0.1) is 5.71 Å². The predicted molar refractivity (Wildman–Crippen MR) is 71.7 cm³/mol. The Morgan fingerprint density at radius 2 is 2.22 bits per heavy atom. The number of nitrogens with one attached hydrogen (secondary N) is 2. The van der Waals surface area contributed by atoms with Crippen LogP contribution in [0.3, 0.4) is 0 Å². The predicted octanol–water partition coefficient (Wildman–Crippen LogP) is 0.430. The second-order valence-electron chi connectivity index (χ2n) is 4.53. The molecule has 5 N–H and O–H groups in total. The molecule has 5 nitrogen and oxygen atoms in total. The normalized spacial score (nSPS) is 23.1. The van der Waals surface area contributed by atoms with Gasteiger partial charge in [0.25, 0.3) is 0 Å². The van der Waals surface area contributed by atoms with Crippen molar-refractivity contribution in [1.82, 2.24) is 10.2 Å². The average Bonchev–Trinajstić information content (AvgIpc) is 2.27. The Morgan fingerprint density at radius 1 is 1.50 bits per heavy atom. The van der Waals surface area contributed by atoms with Gasteiger partial charge in [-0.15, -0.1) is 0 Å². The molecule has 1 unspecified atom stereocenters. The van der Waals surface area contributed by atoms with Crippen LogP contribution in [0.2, 0.25) is 0 Å². The molecule has 0 radical (unpaired) electrons. The summed E-state index contributed by atoms with van der Waals surface area (Å²) in [6, 6.07) is 0. The van der Waals surface area contributed by atoms with Gasteiger partial charge in [-0.3, -0.25) is 5.41 Å². The van der Waals surface area contributed by atoms with E-state index >= 15 is 0 Å². The number of aliphatic hydroxyl groups is 1. The Labute approximate surface area is 106 Å². The molecule has 5 heteroatoms. The van der Waals surface area contributed by atoms with Crippen molar-refractivity contribution in [2.24, 2.45) is 5.73 Å². The van der Waals surface area contributed by atoms with Crippen LogP contribution in [-0.4, -0.2) is 35.5 Å². The molecule has 0 saturated carbocycles. The van der Waals surface area contributed by atoms with Crippen LogP contribution >= 0.6 is 0 Å². The van der Waals surface area contributed by atoms with Crippen molar-refractivity contribution in [2.45, 2.75) is 13.2 Å².